The quantitative estimate of drug-likeness (QED) is 0.858. The van der Waals surface area contributed by atoms with Gasteiger partial charge in [0.15, 0.2) is 0 Å². The molecule has 0 spiro atoms. The molecule has 3 N–H and O–H groups in total. The molecule has 2 rings (SSSR count). The van der Waals surface area contributed by atoms with Gasteiger partial charge in [-0.15, -0.1) is 0 Å². The number of rotatable bonds is 5. The summed E-state index contributed by atoms with van der Waals surface area (Å²) in [4.78, 5) is 0. The van der Waals surface area contributed by atoms with Crippen molar-refractivity contribution < 1.29 is 14.6 Å². The van der Waals surface area contributed by atoms with E-state index < -0.39 is 5.60 Å². The molecule has 1 unspecified atom stereocenters. The van der Waals surface area contributed by atoms with Crippen molar-refractivity contribution in [3.8, 4) is 11.5 Å². The molecule has 1 saturated carbocycles. The van der Waals surface area contributed by atoms with E-state index in [-0.39, 0.29) is 6.04 Å². The minimum atomic E-state index is -0.682. The normalized spacial score (nSPS) is 19.2. The third-order valence-electron chi connectivity index (χ3n) is 3.74. The molecule has 1 fully saturated rings. The summed E-state index contributed by atoms with van der Waals surface area (Å²) in [6.07, 6.45) is 3.76. The number of aliphatic hydroxyl groups is 1. The second kappa shape index (κ2) is 5.80. The van der Waals surface area contributed by atoms with Gasteiger partial charge in [-0.2, -0.15) is 0 Å². The highest BCUT2D eigenvalue weighted by molar-refractivity contribution is 5.42. The van der Waals surface area contributed by atoms with E-state index in [1.165, 1.54) is 0 Å². The lowest BCUT2D eigenvalue weighted by molar-refractivity contribution is 0.000996. The molecule has 1 aromatic rings. The Labute approximate surface area is 114 Å². The highest BCUT2D eigenvalue weighted by Crippen LogP contribution is 2.33. The van der Waals surface area contributed by atoms with Gasteiger partial charge in [-0.3, -0.25) is 0 Å². The van der Waals surface area contributed by atoms with Gasteiger partial charge >= 0.3 is 0 Å². The maximum atomic E-state index is 10.3. The van der Waals surface area contributed by atoms with Crippen LogP contribution in [0.3, 0.4) is 0 Å². The van der Waals surface area contributed by atoms with Crippen molar-refractivity contribution in [2.24, 2.45) is 5.73 Å². The average molecular weight is 265 g/mol. The Hall–Kier alpha value is -1.26. The fourth-order valence-corrected chi connectivity index (χ4v) is 2.53. The minimum absolute atomic E-state index is 0.112. The fraction of sp³-hybridized carbons (Fsp3) is 0.600. The molecule has 0 bridgehead atoms. The smallest absolute Gasteiger partial charge is 0.127 e. The molecule has 1 aliphatic rings. The molecule has 106 valence electrons. The van der Waals surface area contributed by atoms with Crippen LogP contribution in [0.25, 0.3) is 0 Å². The lowest BCUT2D eigenvalue weighted by Gasteiger charge is -2.24. The molecule has 1 aromatic carbocycles. The minimum Gasteiger partial charge on any atom is -0.497 e. The molecule has 0 aromatic heterocycles. The Bertz CT molecular complexity index is 425. The summed E-state index contributed by atoms with van der Waals surface area (Å²) < 4.78 is 11.0. The van der Waals surface area contributed by atoms with Crippen molar-refractivity contribution in [2.75, 3.05) is 13.7 Å². The summed E-state index contributed by atoms with van der Waals surface area (Å²) in [7, 11) is 1.62. The highest BCUT2D eigenvalue weighted by atomic mass is 16.5. The van der Waals surface area contributed by atoms with Crippen LogP contribution >= 0.6 is 0 Å². The van der Waals surface area contributed by atoms with Gasteiger partial charge in [-0.25, -0.2) is 0 Å². The zero-order valence-corrected chi connectivity index (χ0v) is 11.7. The van der Waals surface area contributed by atoms with Crippen molar-refractivity contribution >= 4 is 0 Å². The third kappa shape index (κ3) is 3.39. The maximum absolute atomic E-state index is 10.3. The lowest BCUT2D eigenvalue weighted by Crippen LogP contribution is -2.32. The van der Waals surface area contributed by atoms with Crippen LogP contribution in [0.2, 0.25) is 0 Å². The number of methoxy groups -OCH3 is 1. The van der Waals surface area contributed by atoms with Crippen molar-refractivity contribution in [3.63, 3.8) is 0 Å². The van der Waals surface area contributed by atoms with Crippen molar-refractivity contribution in [2.45, 2.75) is 44.2 Å². The molecular formula is C15H23NO3. The van der Waals surface area contributed by atoms with Crippen LogP contribution in [-0.4, -0.2) is 24.4 Å². The highest BCUT2D eigenvalue weighted by Gasteiger charge is 2.32. The lowest BCUT2D eigenvalue weighted by atomic mass is 10.0. The summed E-state index contributed by atoms with van der Waals surface area (Å²) in [6.45, 7) is 2.23. The second-order valence-corrected chi connectivity index (χ2v) is 5.41. The molecule has 0 radical (unpaired) electrons. The molecular weight excluding hydrogens is 242 g/mol. The van der Waals surface area contributed by atoms with E-state index in [0.29, 0.717) is 12.4 Å². The summed E-state index contributed by atoms with van der Waals surface area (Å²) in [5.41, 5.74) is 6.19. The van der Waals surface area contributed by atoms with Crippen LogP contribution in [0.1, 0.15) is 44.2 Å². The zero-order valence-electron chi connectivity index (χ0n) is 11.7. The molecule has 1 atom stereocenters. The Kier molecular flexibility index (Phi) is 4.32. The first kappa shape index (κ1) is 14.2. The second-order valence-electron chi connectivity index (χ2n) is 5.41. The number of nitrogens with two attached hydrogens (primary N) is 1. The Morgan fingerprint density at radius 3 is 2.63 bits per heavy atom. The van der Waals surface area contributed by atoms with Crippen LogP contribution in [0.4, 0.5) is 0 Å². The first-order valence-corrected chi connectivity index (χ1v) is 6.83. The Balaban J connectivity index is 2.13. The maximum Gasteiger partial charge on any atom is 0.127 e. The predicted octanol–water partition coefficient (Wildman–Crippen LogP) is 2.40. The number of ether oxygens (including phenoxy) is 2. The summed E-state index contributed by atoms with van der Waals surface area (Å²) in [5.74, 6) is 1.44. The zero-order chi connectivity index (χ0) is 13.9. The van der Waals surface area contributed by atoms with E-state index in [1.54, 1.807) is 7.11 Å². The van der Waals surface area contributed by atoms with Gasteiger partial charge in [0.05, 0.1) is 12.7 Å². The molecule has 4 heteroatoms. The molecule has 1 aliphatic carbocycles. The van der Waals surface area contributed by atoms with Crippen molar-refractivity contribution in [1.29, 1.82) is 0 Å². The van der Waals surface area contributed by atoms with Gasteiger partial charge < -0.3 is 20.3 Å². The number of benzene rings is 1. The summed E-state index contributed by atoms with van der Waals surface area (Å²) >= 11 is 0. The van der Waals surface area contributed by atoms with Crippen LogP contribution < -0.4 is 15.2 Å². The summed E-state index contributed by atoms with van der Waals surface area (Å²) in [6, 6.07) is 5.50. The van der Waals surface area contributed by atoms with Crippen LogP contribution in [0, 0.1) is 0 Å². The molecule has 4 nitrogen and oxygen atoms in total. The number of hydrogen-bond donors (Lipinski definition) is 2. The van der Waals surface area contributed by atoms with E-state index in [9.17, 15) is 5.11 Å². The van der Waals surface area contributed by atoms with Crippen molar-refractivity contribution in [1.82, 2.24) is 0 Å². The monoisotopic (exact) mass is 265 g/mol. The van der Waals surface area contributed by atoms with E-state index in [1.807, 2.05) is 25.1 Å². The largest absolute Gasteiger partial charge is 0.497 e. The van der Waals surface area contributed by atoms with Gasteiger partial charge in [0.25, 0.3) is 0 Å². The first-order valence-electron chi connectivity index (χ1n) is 6.83. The van der Waals surface area contributed by atoms with Crippen LogP contribution in [0.5, 0.6) is 11.5 Å². The van der Waals surface area contributed by atoms with Gasteiger partial charge in [0.1, 0.15) is 18.1 Å². The van der Waals surface area contributed by atoms with Gasteiger partial charge in [-0.05, 0) is 25.8 Å². The third-order valence-corrected chi connectivity index (χ3v) is 3.74. The molecule has 0 saturated heterocycles. The molecule has 0 aliphatic heterocycles. The average Bonchev–Trinajstić information content (AvgIpc) is 2.83. The molecule has 19 heavy (non-hydrogen) atoms. The van der Waals surface area contributed by atoms with Crippen molar-refractivity contribution in [3.05, 3.63) is 23.8 Å². The molecule has 0 heterocycles. The topological polar surface area (TPSA) is 64.7 Å². The van der Waals surface area contributed by atoms with Gasteiger partial charge in [0, 0.05) is 17.7 Å². The predicted molar refractivity (Wildman–Crippen MR) is 74.5 cm³/mol. The van der Waals surface area contributed by atoms with E-state index in [4.69, 9.17) is 15.2 Å². The summed E-state index contributed by atoms with van der Waals surface area (Å²) in [5, 5.41) is 10.3. The molecule has 0 amide bonds. The standard InChI is InChI=1S/C15H23NO3/c1-11(16)13-6-5-12(18-2)9-14(13)19-10-15(17)7-3-4-8-15/h5-6,9,11,17H,3-4,7-8,10,16H2,1-2H3. The Morgan fingerprint density at radius 2 is 2.05 bits per heavy atom. The van der Waals surface area contributed by atoms with E-state index in [2.05, 4.69) is 0 Å². The fourth-order valence-electron chi connectivity index (χ4n) is 2.53. The number of hydrogen-bond acceptors (Lipinski definition) is 4. The first-order chi connectivity index (χ1) is 9.04. The SMILES string of the molecule is COc1ccc(C(C)N)c(OCC2(O)CCCC2)c1. The van der Waals surface area contributed by atoms with Gasteiger partial charge in [0.2, 0.25) is 0 Å². The Morgan fingerprint density at radius 1 is 1.37 bits per heavy atom. The van der Waals surface area contributed by atoms with Crippen LogP contribution in [-0.2, 0) is 0 Å². The van der Waals surface area contributed by atoms with Crippen LogP contribution in [0.15, 0.2) is 18.2 Å². The van der Waals surface area contributed by atoms with E-state index in [0.717, 1.165) is 37.0 Å². The van der Waals surface area contributed by atoms with Gasteiger partial charge in [-0.1, -0.05) is 18.9 Å². The van der Waals surface area contributed by atoms with E-state index >= 15 is 0 Å².